The fourth-order valence-corrected chi connectivity index (χ4v) is 1.88. The molecule has 2 amide bonds. The second-order valence-electron chi connectivity index (χ2n) is 5.01. The molecular formula is C17H17FN2O3. The highest BCUT2D eigenvalue weighted by molar-refractivity contribution is 5.92. The summed E-state index contributed by atoms with van der Waals surface area (Å²) in [5, 5.41) is 5.18. The second-order valence-corrected chi connectivity index (χ2v) is 5.01. The van der Waals surface area contributed by atoms with E-state index in [1.807, 2.05) is 0 Å². The largest absolute Gasteiger partial charge is 0.484 e. The van der Waals surface area contributed by atoms with Crippen molar-refractivity contribution in [3.63, 3.8) is 0 Å². The maximum atomic E-state index is 13.4. The average molecular weight is 316 g/mol. The predicted molar refractivity (Wildman–Crippen MR) is 86.0 cm³/mol. The van der Waals surface area contributed by atoms with Gasteiger partial charge in [-0.15, -0.1) is 0 Å². The van der Waals surface area contributed by atoms with Crippen molar-refractivity contribution < 1.29 is 18.7 Å². The molecule has 6 heteroatoms. The van der Waals surface area contributed by atoms with E-state index >= 15 is 0 Å². The number of anilines is 2. The van der Waals surface area contributed by atoms with Gasteiger partial charge in [-0.25, -0.2) is 4.39 Å². The van der Waals surface area contributed by atoms with Crippen molar-refractivity contribution in [1.29, 1.82) is 0 Å². The number of nitrogens with one attached hydrogen (secondary N) is 2. The summed E-state index contributed by atoms with van der Waals surface area (Å²) in [6.07, 6.45) is 0. The molecule has 0 aliphatic heterocycles. The Morgan fingerprint density at radius 2 is 1.83 bits per heavy atom. The Hall–Kier alpha value is -2.89. The van der Waals surface area contributed by atoms with E-state index in [2.05, 4.69) is 10.6 Å². The van der Waals surface area contributed by atoms with E-state index in [-0.39, 0.29) is 18.3 Å². The number of amides is 2. The van der Waals surface area contributed by atoms with Crippen LogP contribution in [0.2, 0.25) is 0 Å². The number of hydrogen-bond acceptors (Lipinski definition) is 3. The van der Waals surface area contributed by atoms with E-state index in [4.69, 9.17) is 4.74 Å². The Morgan fingerprint density at radius 3 is 2.52 bits per heavy atom. The van der Waals surface area contributed by atoms with Gasteiger partial charge in [-0.3, -0.25) is 9.59 Å². The Labute approximate surface area is 133 Å². The molecule has 0 spiro atoms. The lowest BCUT2D eigenvalue weighted by Crippen LogP contribution is -2.20. The van der Waals surface area contributed by atoms with Crippen LogP contribution in [-0.2, 0) is 9.59 Å². The molecule has 5 nitrogen and oxygen atoms in total. The summed E-state index contributed by atoms with van der Waals surface area (Å²) >= 11 is 0. The van der Waals surface area contributed by atoms with E-state index in [0.717, 1.165) is 0 Å². The van der Waals surface area contributed by atoms with Crippen LogP contribution in [0.3, 0.4) is 0 Å². The number of carbonyl (C=O) groups excluding carboxylic acids is 2. The highest BCUT2D eigenvalue weighted by atomic mass is 19.1. The lowest BCUT2D eigenvalue weighted by Gasteiger charge is -2.09. The van der Waals surface area contributed by atoms with E-state index in [9.17, 15) is 14.0 Å². The third-order valence-corrected chi connectivity index (χ3v) is 2.98. The molecule has 0 radical (unpaired) electrons. The molecule has 0 aliphatic rings. The minimum Gasteiger partial charge on any atom is -0.484 e. The molecule has 0 aromatic heterocycles. The maximum Gasteiger partial charge on any atom is 0.262 e. The smallest absolute Gasteiger partial charge is 0.262 e. The van der Waals surface area contributed by atoms with Gasteiger partial charge in [-0.05, 0) is 36.8 Å². The molecule has 0 heterocycles. The van der Waals surface area contributed by atoms with Gasteiger partial charge in [0.05, 0.1) is 0 Å². The van der Waals surface area contributed by atoms with Gasteiger partial charge in [0.15, 0.2) is 6.61 Å². The van der Waals surface area contributed by atoms with Crippen molar-refractivity contribution in [1.82, 2.24) is 0 Å². The van der Waals surface area contributed by atoms with Crippen molar-refractivity contribution in [3.8, 4) is 5.75 Å². The Morgan fingerprint density at radius 1 is 1.09 bits per heavy atom. The first-order chi connectivity index (χ1) is 10.9. The molecule has 2 rings (SSSR count). The molecule has 2 aromatic carbocycles. The molecule has 0 aliphatic carbocycles. The number of halogens is 1. The first-order valence-corrected chi connectivity index (χ1v) is 7.00. The molecule has 120 valence electrons. The summed E-state index contributed by atoms with van der Waals surface area (Å²) in [6, 6.07) is 11.2. The molecule has 0 saturated carbocycles. The van der Waals surface area contributed by atoms with Crippen LogP contribution in [0.1, 0.15) is 12.5 Å². The molecule has 2 N–H and O–H groups in total. The minimum atomic E-state index is -0.404. The first kappa shape index (κ1) is 16.5. The van der Waals surface area contributed by atoms with Gasteiger partial charge >= 0.3 is 0 Å². The summed E-state index contributed by atoms with van der Waals surface area (Å²) in [5.41, 5.74) is 1.46. The van der Waals surface area contributed by atoms with Gasteiger partial charge in [-0.1, -0.05) is 12.1 Å². The molecule has 0 fully saturated rings. The Balaban J connectivity index is 1.91. The van der Waals surface area contributed by atoms with Gasteiger partial charge < -0.3 is 15.4 Å². The normalized spacial score (nSPS) is 10.0. The maximum absolute atomic E-state index is 13.4. The summed E-state index contributed by atoms with van der Waals surface area (Å²) in [6.45, 7) is 2.83. The first-order valence-electron chi connectivity index (χ1n) is 7.00. The van der Waals surface area contributed by atoms with Gasteiger partial charge in [-0.2, -0.15) is 0 Å². The fraction of sp³-hybridized carbons (Fsp3) is 0.176. The highest BCUT2D eigenvalue weighted by Crippen LogP contribution is 2.17. The van der Waals surface area contributed by atoms with Crippen molar-refractivity contribution >= 4 is 23.2 Å². The van der Waals surface area contributed by atoms with Crippen LogP contribution in [0.5, 0.6) is 5.75 Å². The molecular weight excluding hydrogens is 299 g/mol. The zero-order chi connectivity index (χ0) is 16.8. The van der Waals surface area contributed by atoms with Crippen LogP contribution in [0.15, 0.2) is 42.5 Å². The quantitative estimate of drug-likeness (QED) is 0.890. The van der Waals surface area contributed by atoms with Crippen molar-refractivity contribution in [2.75, 3.05) is 17.2 Å². The Bertz CT molecular complexity index is 732. The number of benzene rings is 2. The lowest BCUT2D eigenvalue weighted by atomic mass is 10.2. The average Bonchev–Trinajstić information content (AvgIpc) is 2.49. The lowest BCUT2D eigenvalue weighted by molar-refractivity contribution is -0.118. The second kappa shape index (κ2) is 7.40. The molecule has 2 aromatic rings. The van der Waals surface area contributed by atoms with Crippen LogP contribution >= 0.6 is 0 Å². The summed E-state index contributed by atoms with van der Waals surface area (Å²) in [7, 11) is 0. The number of hydrogen-bond donors (Lipinski definition) is 2. The number of rotatable bonds is 5. The van der Waals surface area contributed by atoms with Crippen LogP contribution in [0, 0.1) is 12.7 Å². The van der Waals surface area contributed by atoms with E-state index in [0.29, 0.717) is 22.7 Å². The van der Waals surface area contributed by atoms with Crippen LogP contribution in [0.4, 0.5) is 15.8 Å². The highest BCUT2D eigenvalue weighted by Gasteiger charge is 2.06. The monoisotopic (exact) mass is 316 g/mol. The van der Waals surface area contributed by atoms with E-state index in [1.165, 1.54) is 13.0 Å². The van der Waals surface area contributed by atoms with Gasteiger partial charge in [0.2, 0.25) is 5.91 Å². The molecule has 23 heavy (non-hydrogen) atoms. The third kappa shape index (κ3) is 5.10. The third-order valence-electron chi connectivity index (χ3n) is 2.98. The SMILES string of the molecule is CC(=O)Nc1cccc(OCC(=O)Nc2ccc(C)c(F)c2)c1. The zero-order valence-corrected chi connectivity index (χ0v) is 12.9. The summed E-state index contributed by atoms with van der Waals surface area (Å²) < 4.78 is 18.8. The van der Waals surface area contributed by atoms with Gasteiger partial charge in [0.25, 0.3) is 5.91 Å². The predicted octanol–water partition coefficient (Wildman–Crippen LogP) is 3.11. The zero-order valence-electron chi connectivity index (χ0n) is 12.9. The Kier molecular flexibility index (Phi) is 5.30. The van der Waals surface area contributed by atoms with Crippen molar-refractivity contribution in [3.05, 3.63) is 53.8 Å². The number of carbonyl (C=O) groups is 2. The van der Waals surface area contributed by atoms with Crippen LogP contribution in [-0.4, -0.2) is 18.4 Å². The van der Waals surface area contributed by atoms with Crippen LogP contribution < -0.4 is 15.4 Å². The van der Waals surface area contributed by atoms with Crippen molar-refractivity contribution in [2.24, 2.45) is 0 Å². The number of ether oxygens (including phenoxy) is 1. The molecule has 0 bridgehead atoms. The minimum absolute atomic E-state index is 0.193. The van der Waals surface area contributed by atoms with Crippen molar-refractivity contribution in [2.45, 2.75) is 13.8 Å². The summed E-state index contributed by atoms with van der Waals surface area (Å²) in [5.74, 6) is -0.535. The van der Waals surface area contributed by atoms with E-state index < -0.39 is 5.91 Å². The standard InChI is InChI=1S/C17H17FN2O3/c1-11-6-7-14(9-16(11)18)20-17(22)10-23-15-5-3-4-13(8-15)19-12(2)21/h3-9H,10H2,1-2H3,(H,19,21)(H,20,22). The summed E-state index contributed by atoms with van der Waals surface area (Å²) in [4.78, 5) is 22.8. The van der Waals surface area contributed by atoms with Crippen LogP contribution in [0.25, 0.3) is 0 Å². The topological polar surface area (TPSA) is 67.4 Å². The molecule has 0 unspecified atom stereocenters. The molecule has 0 saturated heterocycles. The fourth-order valence-electron chi connectivity index (χ4n) is 1.88. The van der Waals surface area contributed by atoms with Gasteiger partial charge in [0, 0.05) is 24.4 Å². The molecule has 0 atom stereocenters. The van der Waals surface area contributed by atoms with Gasteiger partial charge in [0.1, 0.15) is 11.6 Å². The van der Waals surface area contributed by atoms with E-state index in [1.54, 1.807) is 43.3 Å². The number of aryl methyl sites for hydroxylation is 1.